The van der Waals surface area contributed by atoms with Crippen molar-refractivity contribution in [3.8, 4) is 5.75 Å². The number of halogens is 2. The van der Waals surface area contributed by atoms with Gasteiger partial charge in [0.1, 0.15) is 12.4 Å². The third kappa shape index (κ3) is 3.82. The number of rotatable bonds is 5. The van der Waals surface area contributed by atoms with Crippen LogP contribution >= 0.6 is 43.2 Å². The summed E-state index contributed by atoms with van der Waals surface area (Å²) in [5, 5.41) is 5.19. The largest absolute Gasteiger partial charge is 0.487 e. The van der Waals surface area contributed by atoms with Gasteiger partial charge in [-0.25, -0.2) is 0 Å². The minimum atomic E-state index is 0.597. The van der Waals surface area contributed by atoms with Gasteiger partial charge in [0.25, 0.3) is 0 Å². The predicted octanol–water partition coefficient (Wildman–Crippen LogP) is 4.57. The molecule has 0 aliphatic rings. The molecule has 2 nitrogen and oxygen atoms in total. The van der Waals surface area contributed by atoms with E-state index in [1.807, 2.05) is 13.1 Å². The summed E-state index contributed by atoms with van der Waals surface area (Å²) in [4.78, 5) is 1.20. The second-order valence-corrected chi connectivity index (χ2v) is 6.58. The Bertz CT molecular complexity index is 527. The first-order chi connectivity index (χ1) is 8.69. The van der Waals surface area contributed by atoms with Crippen molar-refractivity contribution in [1.29, 1.82) is 0 Å². The molecule has 0 unspecified atom stereocenters. The maximum absolute atomic E-state index is 5.79. The Morgan fingerprint density at radius 2 is 2.11 bits per heavy atom. The summed E-state index contributed by atoms with van der Waals surface area (Å²) in [6, 6.07) is 8.23. The first-order valence-corrected chi connectivity index (χ1v) is 7.94. The Morgan fingerprint density at radius 1 is 1.28 bits per heavy atom. The summed E-state index contributed by atoms with van der Waals surface area (Å²) >= 11 is 8.66. The third-order valence-corrected chi connectivity index (χ3v) is 4.66. The van der Waals surface area contributed by atoms with Crippen molar-refractivity contribution in [2.75, 3.05) is 7.05 Å². The minimum Gasteiger partial charge on any atom is -0.487 e. The number of ether oxygens (including phenoxy) is 1. The van der Waals surface area contributed by atoms with E-state index in [1.54, 1.807) is 11.3 Å². The van der Waals surface area contributed by atoms with Crippen LogP contribution in [-0.2, 0) is 13.2 Å². The molecule has 0 aliphatic heterocycles. The van der Waals surface area contributed by atoms with Crippen LogP contribution in [0.2, 0.25) is 0 Å². The van der Waals surface area contributed by atoms with Crippen LogP contribution in [0.15, 0.2) is 38.6 Å². The van der Waals surface area contributed by atoms with E-state index in [0.29, 0.717) is 6.61 Å². The number of thiophene rings is 1. The van der Waals surface area contributed by atoms with Crippen molar-refractivity contribution in [2.45, 2.75) is 13.2 Å². The van der Waals surface area contributed by atoms with Crippen LogP contribution in [0.3, 0.4) is 0 Å². The lowest BCUT2D eigenvalue weighted by atomic mass is 10.2. The van der Waals surface area contributed by atoms with E-state index in [2.05, 4.69) is 60.8 Å². The number of benzene rings is 1. The van der Waals surface area contributed by atoms with E-state index in [9.17, 15) is 0 Å². The van der Waals surface area contributed by atoms with Crippen LogP contribution < -0.4 is 10.1 Å². The first-order valence-electron chi connectivity index (χ1n) is 5.48. The molecule has 96 valence electrons. The highest BCUT2D eigenvalue weighted by atomic mass is 79.9. The summed E-state index contributed by atoms with van der Waals surface area (Å²) in [7, 11) is 1.94. The van der Waals surface area contributed by atoms with E-state index >= 15 is 0 Å². The number of hydrogen-bond acceptors (Lipinski definition) is 3. The SMILES string of the molecule is CNCc1ccc(OCc2cc(Br)cs2)c(Br)c1. The molecule has 0 saturated heterocycles. The van der Waals surface area contributed by atoms with Gasteiger partial charge in [0.15, 0.2) is 0 Å². The molecule has 0 saturated carbocycles. The van der Waals surface area contributed by atoms with Crippen molar-refractivity contribution < 1.29 is 4.74 Å². The molecule has 18 heavy (non-hydrogen) atoms. The molecule has 1 aromatic heterocycles. The van der Waals surface area contributed by atoms with Crippen molar-refractivity contribution in [2.24, 2.45) is 0 Å². The zero-order valence-corrected chi connectivity index (χ0v) is 13.9. The maximum atomic E-state index is 5.79. The molecule has 0 spiro atoms. The second kappa shape index (κ2) is 6.70. The molecule has 0 atom stereocenters. The van der Waals surface area contributed by atoms with E-state index in [4.69, 9.17) is 4.74 Å². The van der Waals surface area contributed by atoms with Gasteiger partial charge >= 0.3 is 0 Å². The van der Waals surface area contributed by atoms with Gasteiger partial charge in [-0.15, -0.1) is 11.3 Å². The number of nitrogens with one attached hydrogen (secondary N) is 1. The minimum absolute atomic E-state index is 0.597. The summed E-state index contributed by atoms with van der Waals surface area (Å²) in [5.41, 5.74) is 1.23. The zero-order chi connectivity index (χ0) is 13.0. The third-order valence-electron chi connectivity index (χ3n) is 2.37. The summed E-state index contributed by atoms with van der Waals surface area (Å²) in [6.45, 7) is 1.46. The lowest BCUT2D eigenvalue weighted by molar-refractivity contribution is 0.307. The van der Waals surface area contributed by atoms with Crippen LogP contribution in [0, 0.1) is 0 Å². The van der Waals surface area contributed by atoms with Gasteiger partial charge in [-0.3, -0.25) is 0 Å². The van der Waals surface area contributed by atoms with Crippen molar-refractivity contribution in [3.63, 3.8) is 0 Å². The maximum Gasteiger partial charge on any atom is 0.134 e. The monoisotopic (exact) mass is 389 g/mol. The molecular weight excluding hydrogens is 378 g/mol. The lowest BCUT2D eigenvalue weighted by Crippen LogP contribution is -2.05. The Labute approximate surface area is 128 Å². The van der Waals surface area contributed by atoms with Crippen LogP contribution in [0.25, 0.3) is 0 Å². The zero-order valence-electron chi connectivity index (χ0n) is 9.87. The van der Waals surface area contributed by atoms with Gasteiger partial charge in [0.2, 0.25) is 0 Å². The van der Waals surface area contributed by atoms with Gasteiger partial charge in [0, 0.05) is 21.3 Å². The summed E-state index contributed by atoms with van der Waals surface area (Å²) in [6.07, 6.45) is 0. The Hall–Kier alpha value is -0.360. The predicted molar refractivity (Wildman–Crippen MR) is 83.3 cm³/mol. The van der Waals surface area contributed by atoms with Crippen molar-refractivity contribution in [3.05, 3.63) is 49.0 Å². The van der Waals surface area contributed by atoms with Crippen LogP contribution in [0.4, 0.5) is 0 Å². The highest BCUT2D eigenvalue weighted by molar-refractivity contribution is 9.10. The molecule has 1 N–H and O–H groups in total. The van der Waals surface area contributed by atoms with E-state index in [1.165, 1.54) is 10.4 Å². The quantitative estimate of drug-likeness (QED) is 0.807. The van der Waals surface area contributed by atoms with Gasteiger partial charge in [-0.2, -0.15) is 0 Å². The molecule has 0 bridgehead atoms. The fourth-order valence-electron chi connectivity index (χ4n) is 1.55. The van der Waals surface area contributed by atoms with Crippen LogP contribution in [0.5, 0.6) is 5.75 Å². The Morgan fingerprint density at radius 3 is 2.72 bits per heavy atom. The van der Waals surface area contributed by atoms with Gasteiger partial charge in [-0.05, 0) is 62.7 Å². The smallest absolute Gasteiger partial charge is 0.134 e. The fourth-order valence-corrected chi connectivity index (χ4v) is 3.46. The van der Waals surface area contributed by atoms with Gasteiger partial charge in [0.05, 0.1) is 4.47 Å². The first kappa shape index (κ1) is 14.1. The molecule has 0 aliphatic carbocycles. The molecule has 0 fully saturated rings. The topological polar surface area (TPSA) is 21.3 Å². The average molecular weight is 391 g/mol. The van der Waals surface area contributed by atoms with E-state index < -0.39 is 0 Å². The Kier molecular flexibility index (Phi) is 5.24. The highest BCUT2D eigenvalue weighted by Gasteiger charge is 2.04. The normalized spacial score (nSPS) is 10.6. The standard InChI is InChI=1S/C13H13Br2NOS/c1-16-6-9-2-3-13(12(15)4-9)17-7-11-5-10(14)8-18-11/h2-5,8,16H,6-7H2,1H3. The van der Waals surface area contributed by atoms with Gasteiger partial charge in [-0.1, -0.05) is 6.07 Å². The Balaban J connectivity index is 2.01. The fraction of sp³-hybridized carbons (Fsp3) is 0.231. The lowest BCUT2D eigenvalue weighted by Gasteiger charge is -2.08. The average Bonchev–Trinajstić information content (AvgIpc) is 2.74. The summed E-state index contributed by atoms with van der Waals surface area (Å²) < 4.78 is 7.89. The van der Waals surface area contributed by atoms with E-state index in [0.717, 1.165) is 21.2 Å². The number of hydrogen-bond donors (Lipinski definition) is 1. The molecule has 1 heterocycles. The highest BCUT2D eigenvalue weighted by Crippen LogP contribution is 2.28. The molecule has 2 aromatic rings. The molecule has 0 amide bonds. The van der Waals surface area contributed by atoms with E-state index in [-0.39, 0.29) is 0 Å². The van der Waals surface area contributed by atoms with Crippen molar-refractivity contribution >= 4 is 43.2 Å². The molecule has 0 radical (unpaired) electrons. The second-order valence-electron chi connectivity index (χ2n) is 3.82. The molecule has 1 aromatic carbocycles. The van der Waals surface area contributed by atoms with Crippen LogP contribution in [0.1, 0.15) is 10.4 Å². The van der Waals surface area contributed by atoms with Crippen LogP contribution in [-0.4, -0.2) is 7.05 Å². The molecule has 5 heteroatoms. The summed E-state index contributed by atoms with van der Waals surface area (Å²) in [5.74, 6) is 0.874. The molecule has 2 rings (SSSR count). The van der Waals surface area contributed by atoms with Crippen molar-refractivity contribution in [1.82, 2.24) is 5.32 Å². The molecular formula is C13H13Br2NOS. The van der Waals surface area contributed by atoms with Gasteiger partial charge < -0.3 is 10.1 Å².